The van der Waals surface area contributed by atoms with Gasteiger partial charge in [-0.05, 0) is 6.92 Å². The van der Waals surface area contributed by atoms with Crippen molar-refractivity contribution in [1.29, 1.82) is 0 Å². The third-order valence-corrected chi connectivity index (χ3v) is 4.77. The summed E-state index contributed by atoms with van der Waals surface area (Å²) in [5.74, 6) is 0.760. The van der Waals surface area contributed by atoms with Gasteiger partial charge in [-0.15, -0.1) is 0 Å². The zero-order valence-corrected chi connectivity index (χ0v) is 14.2. The lowest BCUT2D eigenvalue weighted by atomic mass is 9.95. The Labute approximate surface area is 141 Å². The van der Waals surface area contributed by atoms with Crippen molar-refractivity contribution in [3.8, 4) is 0 Å². The number of carboxylic acid groups (broad SMARTS) is 1. The summed E-state index contributed by atoms with van der Waals surface area (Å²) in [6.45, 7) is 5.93. The lowest BCUT2D eigenvalue weighted by Gasteiger charge is -2.42. The SMILES string of the molecule is COCc1nc(C)cc(N2CCN(C3(C(=O)O)CCOC3)CC2)n1. The van der Waals surface area contributed by atoms with Gasteiger partial charge in [0.2, 0.25) is 0 Å². The molecule has 0 spiro atoms. The standard InChI is InChI=1S/C16H24N4O4/c1-12-9-14(18-13(17-12)10-23-2)19-4-6-20(7-5-19)16(15(21)22)3-8-24-11-16/h9H,3-8,10-11H2,1-2H3,(H,21,22). The first kappa shape index (κ1) is 17.1. The molecule has 1 aromatic rings. The van der Waals surface area contributed by atoms with Gasteiger partial charge in [-0.25, -0.2) is 9.97 Å². The van der Waals surface area contributed by atoms with Gasteiger partial charge in [0, 0.05) is 58.1 Å². The van der Waals surface area contributed by atoms with Gasteiger partial charge < -0.3 is 19.5 Å². The Morgan fingerprint density at radius 3 is 2.71 bits per heavy atom. The fourth-order valence-electron chi connectivity index (χ4n) is 3.44. The van der Waals surface area contributed by atoms with Gasteiger partial charge in [-0.3, -0.25) is 9.69 Å². The molecule has 132 valence electrons. The second-order valence-electron chi connectivity index (χ2n) is 6.33. The molecule has 2 aliphatic heterocycles. The zero-order chi connectivity index (χ0) is 17.2. The normalized spacial score (nSPS) is 25.2. The van der Waals surface area contributed by atoms with E-state index in [1.165, 1.54) is 0 Å². The largest absolute Gasteiger partial charge is 0.480 e. The molecule has 0 bridgehead atoms. The highest BCUT2D eigenvalue weighted by Gasteiger charge is 2.48. The first-order valence-electron chi connectivity index (χ1n) is 8.20. The fraction of sp³-hybridized carbons (Fsp3) is 0.688. The van der Waals surface area contributed by atoms with Crippen LogP contribution in [0.5, 0.6) is 0 Å². The van der Waals surface area contributed by atoms with Gasteiger partial charge >= 0.3 is 5.97 Å². The first-order valence-corrected chi connectivity index (χ1v) is 8.20. The molecular weight excluding hydrogens is 312 g/mol. The average molecular weight is 336 g/mol. The van der Waals surface area contributed by atoms with Crippen LogP contribution in [0.25, 0.3) is 0 Å². The minimum atomic E-state index is -0.866. The molecule has 24 heavy (non-hydrogen) atoms. The lowest BCUT2D eigenvalue weighted by Crippen LogP contribution is -2.61. The molecule has 2 aliphatic rings. The van der Waals surface area contributed by atoms with Gasteiger partial charge in [-0.2, -0.15) is 0 Å². The molecule has 8 heteroatoms. The number of aromatic nitrogens is 2. The molecule has 3 heterocycles. The number of carboxylic acids is 1. The van der Waals surface area contributed by atoms with Crippen LogP contribution in [-0.4, -0.2) is 78.0 Å². The van der Waals surface area contributed by atoms with Gasteiger partial charge in [0.1, 0.15) is 18.0 Å². The maximum atomic E-state index is 11.8. The molecule has 1 aromatic heterocycles. The molecule has 8 nitrogen and oxygen atoms in total. The van der Waals surface area contributed by atoms with Gasteiger partial charge in [0.15, 0.2) is 5.82 Å². The molecule has 1 atom stereocenters. The molecule has 0 aliphatic carbocycles. The Hall–Kier alpha value is -1.77. The Balaban J connectivity index is 1.70. The minimum Gasteiger partial charge on any atom is -0.480 e. The van der Waals surface area contributed by atoms with Crippen LogP contribution in [0.1, 0.15) is 17.9 Å². The number of piperazine rings is 1. The van der Waals surface area contributed by atoms with E-state index in [1.54, 1.807) is 7.11 Å². The van der Waals surface area contributed by atoms with Crippen molar-refractivity contribution < 1.29 is 19.4 Å². The van der Waals surface area contributed by atoms with E-state index < -0.39 is 11.5 Å². The summed E-state index contributed by atoms with van der Waals surface area (Å²) >= 11 is 0. The number of hydrogen-bond donors (Lipinski definition) is 1. The maximum absolute atomic E-state index is 11.8. The molecule has 0 amide bonds. The topological polar surface area (TPSA) is 88.0 Å². The quantitative estimate of drug-likeness (QED) is 0.821. The summed E-state index contributed by atoms with van der Waals surface area (Å²) in [5, 5.41) is 9.66. The summed E-state index contributed by atoms with van der Waals surface area (Å²) in [6, 6.07) is 1.96. The molecule has 2 fully saturated rings. The number of rotatable bonds is 5. The van der Waals surface area contributed by atoms with Crippen LogP contribution >= 0.6 is 0 Å². The van der Waals surface area contributed by atoms with Crippen LogP contribution in [0.3, 0.4) is 0 Å². The Kier molecular flexibility index (Phi) is 4.98. The van der Waals surface area contributed by atoms with Gasteiger partial charge in [0.05, 0.1) is 6.61 Å². The minimum absolute atomic E-state index is 0.271. The predicted octanol–water partition coefficient (Wildman–Crippen LogP) is 0.297. The summed E-state index contributed by atoms with van der Waals surface area (Å²) in [4.78, 5) is 24.9. The monoisotopic (exact) mass is 336 g/mol. The van der Waals surface area contributed by atoms with Gasteiger partial charge in [-0.1, -0.05) is 0 Å². The number of methoxy groups -OCH3 is 1. The maximum Gasteiger partial charge on any atom is 0.326 e. The van der Waals surface area contributed by atoms with E-state index in [0.29, 0.717) is 38.5 Å². The Morgan fingerprint density at radius 2 is 2.12 bits per heavy atom. The smallest absolute Gasteiger partial charge is 0.326 e. The van der Waals surface area contributed by atoms with E-state index in [1.807, 2.05) is 17.9 Å². The number of hydrogen-bond acceptors (Lipinski definition) is 7. The zero-order valence-electron chi connectivity index (χ0n) is 14.2. The summed E-state index contributed by atoms with van der Waals surface area (Å²) in [5.41, 5.74) is 0.0372. The van der Waals surface area contributed by atoms with Crippen molar-refractivity contribution in [3.63, 3.8) is 0 Å². The molecule has 3 rings (SSSR count). The second kappa shape index (κ2) is 7.00. The third-order valence-electron chi connectivity index (χ3n) is 4.77. The van der Waals surface area contributed by atoms with Gasteiger partial charge in [0.25, 0.3) is 0 Å². The van der Waals surface area contributed by atoms with Crippen molar-refractivity contribution in [3.05, 3.63) is 17.6 Å². The molecule has 0 saturated carbocycles. The summed E-state index contributed by atoms with van der Waals surface area (Å²) in [6.07, 6.45) is 0.549. The van der Waals surface area contributed by atoms with E-state index in [4.69, 9.17) is 9.47 Å². The molecular formula is C16H24N4O4. The second-order valence-corrected chi connectivity index (χ2v) is 6.33. The fourth-order valence-corrected chi connectivity index (χ4v) is 3.44. The lowest BCUT2D eigenvalue weighted by molar-refractivity contribution is -0.152. The predicted molar refractivity (Wildman–Crippen MR) is 87.1 cm³/mol. The number of aliphatic carboxylic acids is 1. The van der Waals surface area contributed by atoms with Crippen molar-refractivity contribution in [2.45, 2.75) is 25.5 Å². The highest BCUT2D eigenvalue weighted by atomic mass is 16.5. The van der Waals surface area contributed by atoms with Crippen molar-refractivity contribution in [1.82, 2.24) is 14.9 Å². The molecule has 0 radical (unpaired) electrons. The Bertz CT molecular complexity index is 596. The number of anilines is 1. The van der Waals surface area contributed by atoms with E-state index in [0.717, 1.165) is 24.6 Å². The van der Waals surface area contributed by atoms with E-state index >= 15 is 0 Å². The van der Waals surface area contributed by atoms with Crippen LogP contribution in [0.15, 0.2) is 6.07 Å². The first-order chi connectivity index (χ1) is 11.5. The number of nitrogens with zero attached hydrogens (tertiary/aromatic N) is 4. The molecule has 1 N–H and O–H groups in total. The van der Waals surface area contributed by atoms with Crippen LogP contribution < -0.4 is 4.90 Å². The van der Waals surface area contributed by atoms with Crippen LogP contribution in [0.2, 0.25) is 0 Å². The summed E-state index contributed by atoms with van der Waals surface area (Å²) < 4.78 is 10.5. The van der Waals surface area contributed by atoms with Crippen LogP contribution in [0, 0.1) is 6.92 Å². The van der Waals surface area contributed by atoms with E-state index in [9.17, 15) is 9.90 Å². The molecule has 1 unspecified atom stereocenters. The van der Waals surface area contributed by atoms with Crippen molar-refractivity contribution in [2.24, 2.45) is 0 Å². The highest BCUT2D eigenvalue weighted by molar-refractivity contribution is 5.79. The number of aryl methyl sites for hydroxylation is 1. The van der Waals surface area contributed by atoms with Crippen molar-refractivity contribution in [2.75, 3.05) is 51.4 Å². The molecule has 2 saturated heterocycles. The number of carbonyl (C=O) groups is 1. The number of ether oxygens (including phenoxy) is 2. The van der Waals surface area contributed by atoms with Crippen molar-refractivity contribution >= 4 is 11.8 Å². The molecule has 0 aromatic carbocycles. The Morgan fingerprint density at radius 1 is 1.38 bits per heavy atom. The third kappa shape index (κ3) is 3.22. The van der Waals surface area contributed by atoms with E-state index in [-0.39, 0.29) is 6.61 Å². The average Bonchev–Trinajstić information content (AvgIpc) is 3.06. The highest BCUT2D eigenvalue weighted by Crippen LogP contribution is 2.28. The van der Waals surface area contributed by atoms with Crippen LogP contribution in [-0.2, 0) is 20.9 Å². The van der Waals surface area contributed by atoms with E-state index in [2.05, 4.69) is 14.9 Å². The van der Waals surface area contributed by atoms with Crippen LogP contribution in [0.4, 0.5) is 5.82 Å². The summed E-state index contributed by atoms with van der Waals surface area (Å²) in [7, 11) is 1.62.